The zero-order valence-corrected chi connectivity index (χ0v) is 23.2. The number of rotatable bonds is 10. The van der Waals surface area contributed by atoms with Crippen LogP contribution in [0.4, 0.5) is 17.1 Å². The molecule has 3 aromatic rings. The highest BCUT2D eigenvalue weighted by atomic mass is 35.5. The van der Waals surface area contributed by atoms with E-state index in [0.717, 1.165) is 12.1 Å². The van der Waals surface area contributed by atoms with Gasteiger partial charge < -0.3 is 24.3 Å². The van der Waals surface area contributed by atoms with E-state index in [9.17, 15) is 33.4 Å². The first kappa shape index (κ1) is 30.4. The van der Waals surface area contributed by atoms with Gasteiger partial charge in [0.1, 0.15) is 28.0 Å². The van der Waals surface area contributed by atoms with E-state index in [1.54, 1.807) is 6.07 Å². The molecule has 13 nitrogen and oxygen atoms in total. The Hall–Kier alpha value is -5.13. The van der Waals surface area contributed by atoms with E-state index >= 15 is 0 Å². The summed E-state index contributed by atoms with van der Waals surface area (Å²) in [6.45, 7) is 1.31. The average Bonchev–Trinajstić information content (AvgIpc) is 2.92. The van der Waals surface area contributed by atoms with Gasteiger partial charge in [-0.1, -0.05) is 11.6 Å². The van der Waals surface area contributed by atoms with Crippen molar-refractivity contribution in [3.63, 3.8) is 0 Å². The minimum Gasteiger partial charge on any atom is -0.496 e. The molecule has 0 aliphatic rings. The fourth-order valence-electron chi connectivity index (χ4n) is 3.37. The molecule has 0 radical (unpaired) electrons. The number of nitrogens with one attached hydrogen (secondary N) is 2. The summed E-state index contributed by atoms with van der Waals surface area (Å²) in [5.41, 5.74) is -0.535. The fraction of sp³-hybridized carbons (Fsp3) is 0.115. The summed E-state index contributed by atoms with van der Waals surface area (Å²) >= 11 is 6.29. The van der Waals surface area contributed by atoms with Crippen LogP contribution < -0.4 is 24.3 Å². The van der Waals surface area contributed by atoms with Crippen molar-refractivity contribution in [1.82, 2.24) is 0 Å². The molecule has 3 aromatic carbocycles. The lowest BCUT2D eigenvalue weighted by Crippen LogP contribution is -2.14. The number of carbonyl (C=O) groups excluding carboxylic acids is 2. The topological polar surface area (TPSA) is 187 Å². The molecular formula is C26H21ClN4O9S. The first-order valence-electron chi connectivity index (χ1n) is 11.3. The molecule has 3 rings (SSSR count). The van der Waals surface area contributed by atoms with Crippen molar-refractivity contribution < 1.29 is 36.6 Å². The molecule has 0 bridgehead atoms. The summed E-state index contributed by atoms with van der Waals surface area (Å²) in [5.74, 6) is -1.58. The van der Waals surface area contributed by atoms with Crippen LogP contribution >= 0.6 is 11.6 Å². The number of anilines is 2. The van der Waals surface area contributed by atoms with E-state index < -0.39 is 32.2 Å². The number of nitro benzene ring substituents is 1. The third kappa shape index (κ3) is 7.50. The van der Waals surface area contributed by atoms with Gasteiger partial charge in [0.25, 0.3) is 11.6 Å². The molecule has 15 heteroatoms. The third-order valence-electron chi connectivity index (χ3n) is 5.23. The molecule has 0 aliphatic heterocycles. The summed E-state index contributed by atoms with van der Waals surface area (Å²) in [5, 5.41) is 25.6. The molecule has 0 atom stereocenters. The highest BCUT2D eigenvalue weighted by molar-refractivity contribution is 7.87. The summed E-state index contributed by atoms with van der Waals surface area (Å²) < 4.78 is 41.1. The normalized spacial score (nSPS) is 11.1. The van der Waals surface area contributed by atoms with Gasteiger partial charge in [-0.05, 0) is 60.2 Å². The van der Waals surface area contributed by atoms with Crippen LogP contribution in [0.25, 0.3) is 6.08 Å². The number of halogens is 1. The molecule has 2 amide bonds. The Morgan fingerprint density at radius 3 is 2.29 bits per heavy atom. The van der Waals surface area contributed by atoms with Crippen molar-refractivity contribution in [3.8, 4) is 23.3 Å². The molecule has 0 saturated carbocycles. The maximum Gasteiger partial charge on any atom is 0.339 e. The highest BCUT2D eigenvalue weighted by Crippen LogP contribution is 2.39. The number of hydrogen-bond acceptors (Lipinski definition) is 10. The largest absolute Gasteiger partial charge is 0.496 e. The molecular weight excluding hydrogens is 580 g/mol. The number of amides is 2. The van der Waals surface area contributed by atoms with Crippen molar-refractivity contribution in [2.24, 2.45) is 0 Å². The second-order valence-corrected chi connectivity index (χ2v) is 9.99. The molecule has 0 unspecified atom stereocenters. The molecule has 0 aromatic heterocycles. The smallest absolute Gasteiger partial charge is 0.339 e. The van der Waals surface area contributed by atoms with Crippen molar-refractivity contribution in [2.45, 2.75) is 11.8 Å². The Morgan fingerprint density at radius 1 is 1.05 bits per heavy atom. The zero-order valence-electron chi connectivity index (χ0n) is 21.6. The maximum atomic E-state index is 12.9. The minimum absolute atomic E-state index is 0.134. The monoisotopic (exact) mass is 600 g/mol. The maximum absolute atomic E-state index is 12.9. The van der Waals surface area contributed by atoms with Gasteiger partial charge in [-0.3, -0.25) is 19.7 Å². The van der Waals surface area contributed by atoms with Crippen LogP contribution in [0, 0.1) is 21.4 Å². The molecule has 212 valence electrons. The number of carbonyl (C=O) groups is 2. The lowest BCUT2D eigenvalue weighted by atomic mass is 10.1. The fourth-order valence-corrected chi connectivity index (χ4v) is 4.63. The Labute approximate surface area is 239 Å². The summed E-state index contributed by atoms with van der Waals surface area (Å²) in [4.78, 5) is 34.4. The molecule has 0 heterocycles. The van der Waals surface area contributed by atoms with E-state index in [1.165, 1.54) is 69.7 Å². The Balaban J connectivity index is 1.90. The predicted octanol–water partition coefficient (Wildman–Crippen LogP) is 4.54. The minimum atomic E-state index is -4.39. The molecule has 2 N–H and O–H groups in total. The molecule has 0 fully saturated rings. The van der Waals surface area contributed by atoms with Gasteiger partial charge in [-0.15, -0.1) is 0 Å². The number of nitriles is 1. The first-order chi connectivity index (χ1) is 19.4. The highest BCUT2D eigenvalue weighted by Gasteiger charge is 2.23. The Morgan fingerprint density at radius 2 is 1.73 bits per heavy atom. The molecule has 0 aliphatic carbocycles. The van der Waals surface area contributed by atoms with Crippen LogP contribution in [0.3, 0.4) is 0 Å². The van der Waals surface area contributed by atoms with Crippen LogP contribution in [-0.4, -0.2) is 39.4 Å². The van der Waals surface area contributed by atoms with Crippen LogP contribution in [0.2, 0.25) is 5.02 Å². The van der Waals surface area contributed by atoms with Gasteiger partial charge in [-0.2, -0.15) is 13.7 Å². The molecule has 0 saturated heterocycles. The average molecular weight is 601 g/mol. The number of methoxy groups -OCH3 is 2. The van der Waals surface area contributed by atoms with Gasteiger partial charge in [0.15, 0.2) is 5.75 Å². The van der Waals surface area contributed by atoms with E-state index in [1.807, 2.05) is 0 Å². The number of hydrogen-bond donors (Lipinski definition) is 2. The standard InChI is InChI=1S/C26H21ClN4O9S/c1-15(32)29-18-4-7-20(8-5-18)41(36,37)40-25-21(27)11-16(12-24(25)39-3)10-17(14-28)26(33)30-22-9-6-19(38-2)13-23(22)31(34)35/h4-13H,1-3H3,(H,29,32)(H,30,33)/b17-10+. The van der Waals surface area contributed by atoms with E-state index in [-0.39, 0.29) is 44.3 Å². The Kier molecular flexibility index (Phi) is 9.51. The predicted molar refractivity (Wildman–Crippen MR) is 148 cm³/mol. The second-order valence-electron chi connectivity index (χ2n) is 8.04. The van der Waals surface area contributed by atoms with Crippen molar-refractivity contribution in [1.29, 1.82) is 5.26 Å². The summed E-state index contributed by atoms with van der Waals surface area (Å²) in [6, 6.07) is 13.2. The van der Waals surface area contributed by atoms with Gasteiger partial charge in [0.05, 0.1) is 30.2 Å². The van der Waals surface area contributed by atoms with Crippen LogP contribution in [0.5, 0.6) is 17.2 Å². The first-order valence-corrected chi connectivity index (χ1v) is 13.1. The summed E-state index contributed by atoms with van der Waals surface area (Å²) in [7, 11) is -1.84. The number of ether oxygens (including phenoxy) is 2. The number of nitro groups is 1. The molecule has 41 heavy (non-hydrogen) atoms. The van der Waals surface area contributed by atoms with E-state index in [0.29, 0.717) is 5.69 Å². The number of benzene rings is 3. The lowest BCUT2D eigenvalue weighted by molar-refractivity contribution is -0.384. The van der Waals surface area contributed by atoms with Crippen molar-refractivity contribution >= 4 is 56.7 Å². The zero-order chi connectivity index (χ0) is 30.3. The van der Waals surface area contributed by atoms with E-state index in [4.69, 9.17) is 25.3 Å². The van der Waals surface area contributed by atoms with Crippen LogP contribution in [-0.2, 0) is 19.7 Å². The number of nitrogens with zero attached hydrogens (tertiary/aromatic N) is 2. The Bertz CT molecular complexity index is 1700. The van der Waals surface area contributed by atoms with Gasteiger partial charge >= 0.3 is 10.1 Å². The van der Waals surface area contributed by atoms with Gasteiger partial charge in [0, 0.05) is 12.6 Å². The van der Waals surface area contributed by atoms with Crippen molar-refractivity contribution in [2.75, 3.05) is 24.9 Å². The second kappa shape index (κ2) is 12.8. The van der Waals surface area contributed by atoms with E-state index in [2.05, 4.69) is 10.6 Å². The third-order valence-corrected chi connectivity index (χ3v) is 6.75. The van der Waals surface area contributed by atoms with Crippen LogP contribution in [0.1, 0.15) is 12.5 Å². The van der Waals surface area contributed by atoms with Crippen LogP contribution in [0.15, 0.2) is 65.1 Å². The quantitative estimate of drug-likeness (QED) is 0.110. The van der Waals surface area contributed by atoms with Crippen molar-refractivity contribution in [3.05, 3.63) is 80.9 Å². The molecule has 0 spiro atoms. The van der Waals surface area contributed by atoms with Gasteiger partial charge in [0.2, 0.25) is 11.7 Å². The lowest BCUT2D eigenvalue weighted by Gasteiger charge is -2.14. The SMILES string of the molecule is COc1ccc(NC(=O)/C(C#N)=C/c2cc(Cl)c(OS(=O)(=O)c3ccc(NC(C)=O)cc3)c(OC)c2)c([N+](=O)[O-])c1. The van der Waals surface area contributed by atoms with Gasteiger partial charge in [-0.25, -0.2) is 0 Å². The summed E-state index contributed by atoms with van der Waals surface area (Å²) in [6.07, 6.45) is 1.12.